The summed E-state index contributed by atoms with van der Waals surface area (Å²) in [7, 11) is 0. The first-order valence-electron chi connectivity index (χ1n) is 6.52. The second kappa shape index (κ2) is 6.72. The lowest BCUT2D eigenvalue weighted by Gasteiger charge is -2.35. The zero-order valence-electron chi connectivity index (χ0n) is 11.5. The van der Waals surface area contributed by atoms with Gasteiger partial charge in [0.2, 0.25) is 0 Å². The molecule has 7 heteroatoms. The summed E-state index contributed by atoms with van der Waals surface area (Å²) < 4.78 is 1.93. The summed E-state index contributed by atoms with van der Waals surface area (Å²) in [6.45, 7) is 7.43. The van der Waals surface area contributed by atoms with Crippen molar-refractivity contribution < 1.29 is 0 Å². The van der Waals surface area contributed by atoms with Gasteiger partial charge in [0.15, 0.2) is 0 Å². The zero-order chi connectivity index (χ0) is 14.0. The van der Waals surface area contributed by atoms with Crippen LogP contribution in [0.2, 0.25) is 5.02 Å². The van der Waals surface area contributed by atoms with Crippen LogP contribution < -0.4 is 11.3 Å². The SMILES string of the molecule is CCn1ncc(Cl)c1C(NN)C1CSC(C)C(C)S1. The van der Waals surface area contributed by atoms with Crippen LogP contribution in [0.5, 0.6) is 0 Å². The van der Waals surface area contributed by atoms with Crippen molar-refractivity contribution >= 4 is 35.1 Å². The molecule has 0 saturated carbocycles. The van der Waals surface area contributed by atoms with E-state index in [0.29, 0.717) is 20.8 Å². The van der Waals surface area contributed by atoms with Gasteiger partial charge in [-0.3, -0.25) is 16.0 Å². The van der Waals surface area contributed by atoms with Crippen molar-refractivity contribution in [2.45, 2.75) is 49.1 Å². The number of thioether (sulfide) groups is 2. The van der Waals surface area contributed by atoms with Gasteiger partial charge in [0.05, 0.1) is 23.0 Å². The van der Waals surface area contributed by atoms with Crippen molar-refractivity contribution in [2.24, 2.45) is 5.84 Å². The largest absolute Gasteiger partial charge is 0.271 e. The van der Waals surface area contributed by atoms with Crippen molar-refractivity contribution in [1.29, 1.82) is 0 Å². The average Bonchev–Trinajstić information content (AvgIpc) is 2.76. The molecule has 0 bridgehead atoms. The van der Waals surface area contributed by atoms with Gasteiger partial charge in [-0.15, -0.1) is 0 Å². The van der Waals surface area contributed by atoms with E-state index in [1.165, 1.54) is 0 Å². The first-order valence-corrected chi connectivity index (χ1v) is 8.89. The number of rotatable bonds is 4. The Morgan fingerprint density at radius 2 is 2.32 bits per heavy atom. The van der Waals surface area contributed by atoms with Gasteiger partial charge in [-0.25, -0.2) is 0 Å². The van der Waals surface area contributed by atoms with Gasteiger partial charge in [-0.2, -0.15) is 28.6 Å². The van der Waals surface area contributed by atoms with Crippen LogP contribution in [0.3, 0.4) is 0 Å². The number of nitrogens with one attached hydrogen (secondary N) is 1. The lowest BCUT2D eigenvalue weighted by atomic mass is 10.1. The number of halogens is 1. The van der Waals surface area contributed by atoms with Crippen LogP contribution in [-0.2, 0) is 6.54 Å². The molecular weight excluding hydrogens is 300 g/mol. The van der Waals surface area contributed by atoms with Crippen LogP contribution >= 0.6 is 35.1 Å². The van der Waals surface area contributed by atoms with Crippen molar-refractivity contribution in [3.8, 4) is 0 Å². The Labute approximate surface area is 128 Å². The summed E-state index contributed by atoms with van der Waals surface area (Å²) in [4.78, 5) is 0. The molecule has 19 heavy (non-hydrogen) atoms. The van der Waals surface area contributed by atoms with Gasteiger partial charge in [0.1, 0.15) is 0 Å². The van der Waals surface area contributed by atoms with E-state index < -0.39 is 0 Å². The van der Waals surface area contributed by atoms with Gasteiger partial charge in [0.25, 0.3) is 0 Å². The molecule has 2 rings (SSSR count). The highest BCUT2D eigenvalue weighted by molar-refractivity contribution is 8.07. The van der Waals surface area contributed by atoms with E-state index in [-0.39, 0.29) is 6.04 Å². The summed E-state index contributed by atoms with van der Waals surface area (Å²) in [5.41, 5.74) is 3.95. The molecule has 1 aliphatic rings. The Morgan fingerprint density at radius 3 is 2.89 bits per heavy atom. The Balaban J connectivity index is 2.22. The molecule has 1 aliphatic heterocycles. The smallest absolute Gasteiger partial charge is 0.0835 e. The van der Waals surface area contributed by atoms with Crippen LogP contribution in [0.25, 0.3) is 0 Å². The van der Waals surface area contributed by atoms with Crippen molar-refractivity contribution in [3.05, 3.63) is 16.9 Å². The number of aryl methyl sites for hydroxylation is 1. The maximum atomic E-state index is 6.29. The molecule has 0 radical (unpaired) electrons. The van der Waals surface area contributed by atoms with Gasteiger partial charge < -0.3 is 0 Å². The number of nitrogens with two attached hydrogens (primary N) is 1. The minimum atomic E-state index is 0.0439. The number of hydrogen-bond acceptors (Lipinski definition) is 5. The molecule has 4 atom stereocenters. The number of aromatic nitrogens is 2. The monoisotopic (exact) mass is 320 g/mol. The van der Waals surface area contributed by atoms with Crippen LogP contribution in [0, 0.1) is 0 Å². The molecule has 0 amide bonds. The summed E-state index contributed by atoms with van der Waals surface area (Å²) in [6.07, 6.45) is 1.71. The molecule has 2 heterocycles. The highest BCUT2D eigenvalue weighted by Gasteiger charge is 2.34. The van der Waals surface area contributed by atoms with E-state index in [2.05, 4.69) is 31.3 Å². The first kappa shape index (κ1) is 15.5. The van der Waals surface area contributed by atoms with Crippen molar-refractivity contribution in [3.63, 3.8) is 0 Å². The minimum Gasteiger partial charge on any atom is -0.271 e. The second-order valence-electron chi connectivity index (χ2n) is 4.76. The second-order valence-corrected chi connectivity index (χ2v) is 8.19. The molecule has 1 aromatic rings. The molecular formula is C12H21ClN4S2. The van der Waals surface area contributed by atoms with E-state index in [9.17, 15) is 0 Å². The maximum Gasteiger partial charge on any atom is 0.0835 e. The topological polar surface area (TPSA) is 55.9 Å². The highest BCUT2D eigenvalue weighted by Crippen LogP contribution is 2.41. The van der Waals surface area contributed by atoms with Crippen molar-refractivity contribution in [2.75, 3.05) is 5.75 Å². The van der Waals surface area contributed by atoms with E-state index >= 15 is 0 Å². The third-order valence-corrected chi connectivity index (χ3v) is 7.34. The Hall–Kier alpha value is 0.120. The van der Waals surface area contributed by atoms with Crippen molar-refractivity contribution in [1.82, 2.24) is 15.2 Å². The third kappa shape index (κ3) is 3.24. The molecule has 4 nitrogen and oxygen atoms in total. The van der Waals surface area contributed by atoms with Crippen LogP contribution in [0.15, 0.2) is 6.20 Å². The maximum absolute atomic E-state index is 6.29. The van der Waals surface area contributed by atoms with Crippen LogP contribution in [0.1, 0.15) is 32.5 Å². The van der Waals surface area contributed by atoms with E-state index in [4.69, 9.17) is 17.4 Å². The summed E-state index contributed by atoms with van der Waals surface area (Å²) in [5, 5.41) is 6.73. The Kier molecular flexibility index (Phi) is 5.48. The van der Waals surface area contributed by atoms with E-state index in [0.717, 1.165) is 18.0 Å². The molecule has 108 valence electrons. The molecule has 0 spiro atoms. The van der Waals surface area contributed by atoms with Gasteiger partial charge >= 0.3 is 0 Å². The standard InChI is InChI=1S/C12H21ClN4S2/c1-4-17-12(9(13)5-15-17)11(16-14)10-6-18-7(2)8(3)19-10/h5,7-8,10-11,16H,4,6,14H2,1-3H3. The molecule has 4 unspecified atom stereocenters. The third-order valence-electron chi connectivity index (χ3n) is 3.55. The Morgan fingerprint density at radius 1 is 1.58 bits per heavy atom. The van der Waals surface area contributed by atoms with Crippen LogP contribution in [-0.4, -0.2) is 31.3 Å². The van der Waals surface area contributed by atoms with Gasteiger partial charge in [-0.1, -0.05) is 25.4 Å². The van der Waals surface area contributed by atoms with Gasteiger partial charge in [0, 0.05) is 28.0 Å². The van der Waals surface area contributed by atoms with Gasteiger partial charge in [-0.05, 0) is 6.92 Å². The fourth-order valence-corrected chi connectivity index (χ4v) is 5.61. The fraction of sp³-hybridized carbons (Fsp3) is 0.750. The molecule has 0 aromatic carbocycles. The Bertz CT molecular complexity index is 426. The van der Waals surface area contributed by atoms with E-state index in [1.54, 1.807) is 6.20 Å². The number of hydrazine groups is 1. The predicted octanol–water partition coefficient (Wildman–Crippen LogP) is 2.69. The fourth-order valence-electron chi connectivity index (χ4n) is 2.28. The quantitative estimate of drug-likeness (QED) is 0.660. The molecule has 1 fully saturated rings. The van der Waals surface area contributed by atoms with Crippen LogP contribution in [0.4, 0.5) is 0 Å². The lowest BCUT2D eigenvalue weighted by Crippen LogP contribution is -2.41. The average molecular weight is 321 g/mol. The molecule has 1 saturated heterocycles. The molecule has 1 aromatic heterocycles. The lowest BCUT2D eigenvalue weighted by molar-refractivity contribution is 0.490. The summed E-state index contributed by atoms with van der Waals surface area (Å²) in [5.74, 6) is 6.87. The summed E-state index contributed by atoms with van der Waals surface area (Å²) >= 11 is 10.3. The zero-order valence-corrected chi connectivity index (χ0v) is 13.9. The molecule has 0 aliphatic carbocycles. The minimum absolute atomic E-state index is 0.0439. The normalized spacial score (nSPS) is 29.4. The highest BCUT2D eigenvalue weighted by atomic mass is 35.5. The predicted molar refractivity (Wildman–Crippen MR) is 85.7 cm³/mol. The molecule has 3 N–H and O–H groups in total. The van der Waals surface area contributed by atoms with E-state index in [1.807, 2.05) is 28.2 Å². The number of hydrogen-bond donors (Lipinski definition) is 2. The number of nitrogens with zero attached hydrogens (tertiary/aromatic N) is 2. The summed E-state index contributed by atoms with van der Waals surface area (Å²) in [6, 6.07) is 0.0439. The first-order chi connectivity index (χ1) is 9.08.